The number of pyridine rings is 1. The maximum atomic E-state index is 7.41. The third-order valence-electron chi connectivity index (χ3n) is 2.49. The van der Waals surface area contributed by atoms with Gasteiger partial charge in [0.15, 0.2) is 0 Å². The van der Waals surface area contributed by atoms with Gasteiger partial charge in [-0.15, -0.1) is 0 Å². The monoisotopic (exact) mass is 295 g/mol. The van der Waals surface area contributed by atoms with E-state index in [0.717, 1.165) is 5.56 Å². The van der Waals surface area contributed by atoms with Crippen molar-refractivity contribution in [3.8, 4) is 11.6 Å². The Morgan fingerprint density at radius 2 is 2.05 bits per heavy atom. The quantitative estimate of drug-likeness (QED) is 0.669. The van der Waals surface area contributed by atoms with Crippen LogP contribution >= 0.6 is 23.2 Å². The predicted octanol–water partition coefficient (Wildman–Crippen LogP) is 3.77. The summed E-state index contributed by atoms with van der Waals surface area (Å²) in [6, 6.07) is 6.79. The van der Waals surface area contributed by atoms with Crippen molar-refractivity contribution in [2.75, 3.05) is 0 Å². The number of benzene rings is 1. The van der Waals surface area contributed by atoms with Gasteiger partial charge in [0.25, 0.3) is 0 Å². The van der Waals surface area contributed by atoms with E-state index < -0.39 is 0 Å². The van der Waals surface area contributed by atoms with E-state index >= 15 is 0 Å². The maximum absolute atomic E-state index is 7.41. The zero-order valence-corrected chi connectivity index (χ0v) is 11.6. The molecule has 0 saturated heterocycles. The van der Waals surface area contributed by atoms with Crippen LogP contribution < -0.4 is 10.5 Å². The van der Waals surface area contributed by atoms with E-state index in [2.05, 4.69) is 4.98 Å². The number of nitrogens with one attached hydrogen (secondary N) is 1. The first-order valence-electron chi connectivity index (χ1n) is 5.42. The second kappa shape index (κ2) is 5.47. The van der Waals surface area contributed by atoms with Crippen molar-refractivity contribution in [1.82, 2.24) is 4.98 Å². The predicted molar refractivity (Wildman–Crippen MR) is 76.5 cm³/mol. The summed E-state index contributed by atoms with van der Waals surface area (Å²) in [5, 5.41) is 8.27. The Bertz CT molecular complexity index is 644. The van der Waals surface area contributed by atoms with Crippen molar-refractivity contribution >= 4 is 29.0 Å². The zero-order valence-electron chi connectivity index (χ0n) is 10.1. The Morgan fingerprint density at radius 3 is 2.68 bits per heavy atom. The van der Waals surface area contributed by atoms with E-state index in [1.54, 1.807) is 24.3 Å². The first-order chi connectivity index (χ1) is 8.99. The highest BCUT2D eigenvalue weighted by molar-refractivity contribution is 6.35. The van der Waals surface area contributed by atoms with Gasteiger partial charge in [0.1, 0.15) is 16.6 Å². The maximum Gasteiger partial charge on any atom is 0.238 e. The van der Waals surface area contributed by atoms with Crippen LogP contribution in [-0.4, -0.2) is 10.8 Å². The molecule has 0 fully saturated rings. The molecule has 0 saturated carbocycles. The summed E-state index contributed by atoms with van der Waals surface area (Å²) in [6.45, 7) is 1.87. The smallest absolute Gasteiger partial charge is 0.238 e. The van der Waals surface area contributed by atoms with Crippen LogP contribution in [0.25, 0.3) is 0 Å². The summed E-state index contributed by atoms with van der Waals surface area (Å²) < 4.78 is 5.58. The molecule has 2 rings (SSSR count). The minimum atomic E-state index is -0.135. The van der Waals surface area contributed by atoms with Crippen LogP contribution in [0, 0.1) is 12.3 Å². The topological polar surface area (TPSA) is 72.0 Å². The lowest BCUT2D eigenvalue weighted by Crippen LogP contribution is -2.12. The number of aromatic nitrogens is 1. The van der Waals surface area contributed by atoms with Gasteiger partial charge in [-0.25, -0.2) is 4.98 Å². The minimum absolute atomic E-state index is 0.135. The molecule has 3 N–H and O–H groups in total. The third kappa shape index (κ3) is 2.97. The van der Waals surface area contributed by atoms with Crippen molar-refractivity contribution in [2.24, 2.45) is 5.73 Å². The van der Waals surface area contributed by atoms with E-state index in [1.807, 2.05) is 6.92 Å². The van der Waals surface area contributed by atoms with E-state index in [1.165, 1.54) is 6.20 Å². The fourth-order valence-corrected chi connectivity index (χ4v) is 1.87. The van der Waals surface area contributed by atoms with Crippen molar-refractivity contribution in [1.29, 1.82) is 5.41 Å². The van der Waals surface area contributed by atoms with Crippen LogP contribution in [0.1, 0.15) is 11.1 Å². The lowest BCUT2D eigenvalue weighted by atomic mass is 10.2. The Balaban J connectivity index is 2.35. The Kier molecular flexibility index (Phi) is 3.93. The van der Waals surface area contributed by atoms with Crippen LogP contribution in [0.3, 0.4) is 0 Å². The van der Waals surface area contributed by atoms with E-state index in [-0.39, 0.29) is 16.7 Å². The summed E-state index contributed by atoms with van der Waals surface area (Å²) >= 11 is 12.0. The molecule has 1 aromatic heterocycles. The second-order valence-electron chi connectivity index (χ2n) is 3.90. The summed E-state index contributed by atoms with van der Waals surface area (Å²) in [7, 11) is 0. The van der Waals surface area contributed by atoms with E-state index in [4.69, 9.17) is 39.1 Å². The molecular weight excluding hydrogens is 285 g/mol. The number of halogens is 2. The van der Waals surface area contributed by atoms with Gasteiger partial charge in [-0.1, -0.05) is 23.2 Å². The fourth-order valence-electron chi connectivity index (χ4n) is 1.50. The van der Waals surface area contributed by atoms with Gasteiger partial charge in [0.2, 0.25) is 5.88 Å². The number of aryl methyl sites for hydroxylation is 1. The third-order valence-corrected chi connectivity index (χ3v) is 3.28. The van der Waals surface area contributed by atoms with E-state index in [9.17, 15) is 0 Å². The van der Waals surface area contributed by atoms with Crippen LogP contribution in [0.4, 0.5) is 0 Å². The number of nitrogen functional groups attached to an aromatic ring is 1. The lowest BCUT2D eigenvalue weighted by Gasteiger charge is -2.09. The number of ether oxygens (including phenoxy) is 1. The molecule has 6 heteroatoms. The van der Waals surface area contributed by atoms with Gasteiger partial charge in [-0.2, -0.15) is 0 Å². The Hall–Kier alpha value is -1.78. The van der Waals surface area contributed by atoms with Gasteiger partial charge in [-0.3, -0.25) is 5.41 Å². The molecule has 0 bridgehead atoms. The summed E-state index contributed by atoms with van der Waals surface area (Å²) in [4.78, 5) is 4.03. The van der Waals surface area contributed by atoms with E-state index in [0.29, 0.717) is 16.3 Å². The van der Waals surface area contributed by atoms with Crippen molar-refractivity contribution in [2.45, 2.75) is 6.92 Å². The average Bonchev–Trinajstić information content (AvgIpc) is 2.36. The number of hydrogen-bond donors (Lipinski definition) is 2. The highest BCUT2D eigenvalue weighted by atomic mass is 35.5. The molecule has 98 valence electrons. The largest absolute Gasteiger partial charge is 0.438 e. The second-order valence-corrected chi connectivity index (χ2v) is 4.69. The highest BCUT2D eigenvalue weighted by Crippen LogP contribution is 2.31. The minimum Gasteiger partial charge on any atom is -0.438 e. The Morgan fingerprint density at radius 1 is 1.32 bits per heavy atom. The molecule has 0 aliphatic rings. The van der Waals surface area contributed by atoms with Crippen LogP contribution in [0.2, 0.25) is 10.0 Å². The van der Waals surface area contributed by atoms with Gasteiger partial charge >= 0.3 is 0 Å². The lowest BCUT2D eigenvalue weighted by molar-refractivity contribution is 0.463. The standard InChI is InChI=1S/C13H11Cl2N3O/c1-7-6-8(2-3-10(7)14)19-13-11(15)9(12(16)17)4-5-18-13/h2-6H,1H3,(H3,16,17). The molecular formula is C13H11Cl2N3O. The highest BCUT2D eigenvalue weighted by Gasteiger charge is 2.12. The number of hydrogen-bond acceptors (Lipinski definition) is 3. The molecule has 0 unspecified atom stereocenters. The van der Waals surface area contributed by atoms with Crippen LogP contribution in [0.5, 0.6) is 11.6 Å². The van der Waals surface area contributed by atoms with Crippen molar-refractivity contribution in [3.05, 3.63) is 51.6 Å². The molecule has 19 heavy (non-hydrogen) atoms. The SMILES string of the molecule is Cc1cc(Oc2nccc(C(=N)N)c2Cl)ccc1Cl. The number of amidine groups is 1. The van der Waals surface area contributed by atoms with Gasteiger partial charge in [0.05, 0.1) is 0 Å². The molecule has 0 aliphatic carbocycles. The molecule has 1 aromatic carbocycles. The van der Waals surface area contributed by atoms with Crippen molar-refractivity contribution < 1.29 is 4.74 Å². The molecule has 0 aliphatic heterocycles. The van der Waals surface area contributed by atoms with Gasteiger partial charge < -0.3 is 10.5 Å². The summed E-state index contributed by atoms with van der Waals surface area (Å²) in [6.07, 6.45) is 1.49. The molecule has 0 atom stereocenters. The molecule has 4 nitrogen and oxygen atoms in total. The van der Waals surface area contributed by atoms with Crippen LogP contribution in [0.15, 0.2) is 30.5 Å². The molecule has 0 amide bonds. The normalized spacial score (nSPS) is 10.3. The number of nitrogens with two attached hydrogens (primary N) is 1. The van der Waals surface area contributed by atoms with Gasteiger partial charge in [0, 0.05) is 16.8 Å². The molecule has 1 heterocycles. The molecule has 2 aromatic rings. The first-order valence-corrected chi connectivity index (χ1v) is 6.17. The molecule has 0 spiro atoms. The van der Waals surface area contributed by atoms with Crippen LogP contribution in [-0.2, 0) is 0 Å². The first kappa shape index (κ1) is 13.6. The Labute approximate surface area is 120 Å². The summed E-state index contributed by atoms with van der Waals surface area (Å²) in [5.74, 6) is 0.637. The van der Waals surface area contributed by atoms with Gasteiger partial charge in [-0.05, 0) is 36.8 Å². The number of rotatable bonds is 3. The average molecular weight is 296 g/mol. The van der Waals surface area contributed by atoms with Crippen molar-refractivity contribution in [3.63, 3.8) is 0 Å². The molecule has 0 radical (unpaired) electrons. The fraction of sp³-hybridized carbons (Fsp3) is 0.0769. The summed E-state index contributed by atoms with van der Waals surface area (Å²) in [5.41, 5.74) is 6.69. The number of nitrogens with zero attached hydrogens (tertiary/aromatic N) is 1. The zero-order chi connectivity index (χ0) is 14.0.